The number of thioether (sulfide) groups is 1. The maximum atomic E-state index is 12.8. The molecule has 0 bridgehead atoms. The Bertz CT molecular complexity index is 741. The van der Waals surface area contributed by atoms with Crippen LogP contribution in [-0.4, -0.2) is 80.7 Å². The van der Waals surface area contributed by atoms with E-state index >= 15 is 0 Å². The van der Waals surface area contributed by atoms with Crippen molar-refractivity contribution >= 4 is 27.9 Å². The lowest BCUT2D eigenvalue weighted by atomic mass is 10.1. The Morgan fingerprint density at radius 1 is 1.17 bits per heavy atom. The number of hydrazine groups is 1. The second-order valence-corrected chi connectivity index (χ2v) is 9.76. The van der Waals surface area contributed by atoms with Crippen LogP contribution in [0.3, 0.4) is 0 Å². The zero-order valence-electron chi connectivity index (χ0n) is 16.5. The van der Waals surface area contributed by atoms with Crippen molar-refractivity contribution in [3.05, 3.63) is 35.9 Å². The van der Waals surface area contributed by atoms with E-state index in [1.54, 1.807) is 16.8 Å². The summed E-state index contributed by atoms with van der Waals surface area (Å²) in [7, 11) is -3.81. The van der Waals surface area contributed by atoms with Crippen LogP contribution >= 0.6 is 11.8 Å². The lowest BCUT2D eigenvalue weighted by Gasteiger charge is -2.35. The molecule has 2 saturated heterocycles. The average Bonchev–Trinajstić information content (AvgIpc) is 2.74. The van der Waals surface area contributed by atoms with E-state index in [-0.39, 0.29) is 6.54 Å². The summed E-state index contributed by atoms with van der Waals surface area (Å²) >= 11 is 1.57. The SMILES string of the molecule is O=C(OCCCCc1ccccc1)[C@@H]1CSCCN1S(=O)(=O)NN1CCOCC1. The average molecular weight is 444 g/mol. The highest BCUT2D eigenvalue weighted by Crippen LogP contribution is 2.21. The maximum Gasteiger partial charge on any atom is 0.325 e. The molecule has 0 saturated carbocycles. The summed E-state index contributed by atoms with van der Waals surface area (Å²) < 4.78 is 37.5. The highest BCUT2D eigenvalue weighted by Gasteiger charge is 2.39. The van der Waals surface area contributed by atoms with E-state index in [4.69, 9.17) is 9.47 Å². The first kappa shape index (κ1) is 22.5. The molecule has 1 N–H and O–H groups in total. The predicted molar refractivity (Wildman–Crippen MR) is 113 cm³/mol. The Morgan fingerprint density at radius 3 is 2.69 bits per heavy atom. The van der Waals surface area contributed by atoms with E-state index in [0.29, 0.717) is 44.4 Å². The molecule has 1 aromatic rings. The van der Waals surface area contributed by atoms with Crippen LogP contribution in [0.5, 0.6) is 0 Å². The third kappa shape index (κ3) is 6.94. The normalized spacial score (nSPS) is 21.7. The molecule has 2 aliphatic heterocycles. The molecule has 10 heteroatoms. The summed E-state index contributed by atoms with van der Waals surface area (Å²) in [6.07, 6.45) is 2.60. The number of esters is 1. The monoisotopic (exact) mass is 443 g/mol. The van der Waals surface area contributed by atoms with Gasteiger partial charge in [0.15, 0.2) is 0 Å². The lowest BCUT2D eigenvalue weighted by molar-refractivity contribution is -0.147. The second kappa shape index (κ2) is 11.3. The zero-order chi connectivity index (χ0) is 20.5. The van der Waals surface area contributed by atoms with Crippen LogP contribution in [0.2, 0.25) is 0 Å². The largest absolute Gasteiger partial charge is 0.464 e. The number of benzene rings is 1. The molecule has 0 aliphatic carbocycles. The van der Waals surface area contributed by atoms with Gasteiger partial charge in [0.25, 0.3) is 10.2 Å². The van der Waals surface area contributed by atoms with Crippen molar-refractivity contribution in [1.29, 1.82) is 0 Å². The minimum atomic E-state index is -3.81. The molecule has 8 nitrogen and oxygen atoms in total. The number of unbranched alkanes of at least 4 members (excludes halogenated alkanes) is 1. The van der Waals surface area contributed by atoms with Crippen molar-refractivity contribution in [2.75, 3.05) is 51.0 Å². The molecule has 0 spiro atoms. The summed E-state index contributed by atoms with van der Waals surface area (Å²) in [6.45, 7) is 2.52. The Morgan fingerprint density at radius 2 is 1.93 bits per heavy atom. The molecule has 2 fully saturated rings. The molecular formula is C19H29N3O5S2. The number of nitrogens with zero attached hydrogens (tertiary/aromatic N) is 2. The van der Waals surface area contributed by atoms with Gasteiger partial charge in [-0.15, -0.1) is 4.83 Å². The fourth-order valence-corrected chi connectivity index (χ4v) is 5.96. The van der Waals surface area contributed by atoms with E-state index in [1.165, 1.54) is 9.87 Å². The molecule has 29 heavy (non-hydrogen) atoms. The van der Waals surface area contributed by atoms with Crippen molar-refractivity contribution in [3.8, 4) is 0 Å². The summed E-state index contributed by atoms with van der Waals surface area (Å²) in [6, 6.07) is 9.37. The molecule has 0 amide bonds. The Balaban J connectivity index is 1.47. The summed E-state index contributed by atoms with van der Waals surface area (Å²) in [4.78, 5) is 15.2. The highest BCUT2D eigenvalue weighted by molar-refractivity contribution is 7.99. The number of ether oxygens (including phenoxy) is 2. The predicted octanol–water partition coefficient (Wildman–Crippen LogP) is 1.05. The van der Waals surface area contributed by atoms with Gasteiger partial charge in [-0.1, -0.05) is 30.3 Å². The van der Waals surface area contributed by atoms with Crippen LogP contribution in [0.25, 0.3) is 0 Å². The number of hydrogen-bond acceptors (Lipinski definition) is 7. The van der Waals surface area contributed by atoms with Gasteiger partial charge in [0.2, 0.25) is 0 Å². The van der Waals surface area contributed by atoms with Crippen LogP contribution in [0.1, 0.15) is 18.4 Å². The summed E-state index contributed by atoms with van der Waals surface area (Å²) in [5, 5.41) is 1.62. The first-order chi connectivity index (χ1) is 14.1. The fraction of sp³-hybridized carbons (Fsp3) is 0.632. The molecular weight excluding hydrogens is 414 g/mol. The van der Waals surface area contributed by atoms with Gasteiger partial charge >= 0.3 is 5.97 Å². The van der Waals surface area contributed by atoms with Crippen LogP contribution in [0, 0.1) is 0 Å². The number of morpholine rings is 1. The van der Waals surface area contributed by atoms with Crippen molar-refractivity contribution in [2.24, 2.45) is 0 Å². The van der Waals surface area contributed by atoms with E-state index in [2.05, 4.69) is 17.0 Å². The Hall–Kier alpha value is -1.17. The summed E-state index contributed by atoms with van der Waals surface area (Å²) in [5.41, 5.74) is 1.26. The molecule has 1 aromatic carbocycles. The standard InChI is InChI=1S/C19H29N3O5S2/c23-19(27-12-5-4-8-17-6-2-1-3-7-17)18-16-28-15-11-22(18)29(24,25)20-21-9-13-26-14-10-21/h1-3,6-7,18,20H,4-5,8-16H2/t18-/m0/s1. The molecule has 3 rings (SSSR count). The van der Waals surface area contributed by atoms with Gasteiger partial charge in [-0.05, 0) is 24.8 Å². The van der Waals surface area contributed by atoms with Crippen molar-refractivity contribution in [2.45, 2.75) is 25.3 Å². The minimum Gasteiger partial charge on any atom is -0.464 e. The van der Waals surface area contributed by atoms with Crippen LogP contribution < -0.4 is 4.83 Å². The van der Waals surface area contributed by atoms with E-state index in [1.807, 2.05) is 18.2 Å². The highest BCUT2D eigenvalue weighted by atomic mass is 32.2. The zero-order valence-corrected chi connectivity index (χ0v) is 18.1. The first-order valence-corrected chi connectivity index (χ1v) is 12.6. The quantitative estimate of drug-likeness (QED) is 0.451. The number of hydrogen-bond donors (Lipinski definition) is 1. The van der Waals surface area contributed by atoms with Crippen molar-refractivity contribution in [3.63, 3.8) is 0 Å². The third-order valence-electron chi connectivity index (χ3n) is 4.86. The minimum absolute atomic E-state index is 0.290. The van der Waals surface area contributed by atoms with Crippen molar-refractivity contribution < 1.29 is 22.7 Å². The smallest absolute Gasteiger partial charge is 0.325 e. The molecule has 2 heterocycles. The third-order valence-corrected chi connectivity index (χ3v) is 7.43. The molecule has 0 unspecified atom stereocenters. The Labute approximate surface area is 177 Å². The first-order valence-electron chi connectivity index (χ1n) is 9.96. The van der Waals surface area contributed by atoms with Gasteiger partial charge in [-0.3, -0.25) is 4.79 Å². The van der Waals surface area contributed by atoms with Crippen LogP contribution in [0.15, 0.2) is 30.3 Å². The van der Waals surface area contributed by atoms with Crippen molar-refractivity contribution in [1.82, 2.24) is 14.1 Å². The second-order valence-electron chi connectivity index (χ2n) is 7.01. The molecule has 162 valence electrons. The van der Waals surface area contributed by atoms with Crippen LogP contribution in [0.4, 0.5) is 0 Å². The lowest BCUT2D eigenvalue weighted by Crippen LogP contribution is -2.59. The van der Waals surface area contributed by atoms with Crippen LogP contribution in [-0.2, 0) is 30.9 Å². The molecule has 0 aromatic heterocycles. The number of rotatable bonds is 9. The summed E-state index contributed by atoms with van der Waals surface area (Å²) in [5.74, 6) is 0.599. The van der Waals surface area contributed by atoms with Gasteiger partial charge in [0.05, 0.1) is 19.8 Å². The van der Waals surface area contributed by atoms with E-state index < -0.39 is 22.2 Å². The number of carbonyl (C=O) groups excluding carboxylic acids is 1. The molecule has 0 radical (unpaired) electrons. The Kier molecular flexibility index (Phi) is 8.76. The number of carbonyl (C=O) groups is 1. The topological polar surface area (TPSA) is 88.2 Å². The van der Waals surface area contributed by atoms with E-state index in [0.717, 1.165) is 19.3 Å². The maximum absolute atomic E-state index is 12.8. The molecule has 2 aliphatic rings. The number of nitrogens with one attached hydrogen (secondary N) is 1. The van der Waals surface area contributed by atoms with Gasteiger partial charge in [-0.2, -0.15) is 24.5 Å². The fourth-order valence-electron chi connectivity index (χ4n) is 3.28. The van der Waals surface area contributed by atoms with Gasteiger partial charge in [0, 0.05) is 31.1 Å². The van der Waals surface area contributed by atoms with Gasteiger partial charge in [-0.25, -0.2) is 5.01 Å². The van der Waals surface area contributed by atoms with Gasteiger partial charge in [0.1, 0.15) is 6.04 Å². The van der Waals surface area contributed by atoms with E-state index in [9.17, 15) is 13.2 Å². The molecule has 1 atom stereocenters. The number of aryl methyl sites for hydroxylation is 1. The van der Waals surface area contributed by atoms with Gasteiger partial charge < -0.3 is 9.47 Å².